The largest absolute Gasteiger partial charge is 0.152 e. The van der Waals surface area contributed by atoms with Crippen LogP contribution in [0.1, 0.15) is 115 Å². The smallest absolute Gasteiger partial charge is 0.0935 e. The third kappa shape index (κ3) is 27.2. The van der Waals surface area contributed by atoms with Crippen LogP contribution in [-0.2, 0) is 19.3 Å². The maximum atomic E-state index is 5.94. The first kappa shape index (κ1) is 92.4. The van der Waals surface area contributed by atoms with Gasteiger partial charge < -0.3 is 0 Å². The standard InChI is InChI=1S/C32H36S5.C18H20S3.C12H7ClS3.C12H8S3.C8H4Br2S2.2C8H6S2/c1-3-5-7-9-13-23-24(14-10-8-6-4-2)32(30-20-18-28(36-30)26-16-12-22-34-26)37-31(23)29-19-17-27(35-29)25-15-11-21-33-25;1-2-3-4-5-8-14-13-17(15-9-6-11-19-15)21-18(14)16-10-7-12-20-16;13-12-6-5-11(16-12)10-4-3-9(15-10)8-2-1-7-14-8;1-3-9(13-7-1)11-5-6-12(15-11)10-4-2-8-14-10;9-7-3-1-5(11-7)6-2-4-8(10)12-6;1-3-9-5-7(1)8-2-4-10-6-8;1-3-7(9-5-1)8-4-2-6-10-8/h11-12,15-22H,3-10,13-14H2,1-2H3;6-7,9-13H,2-5,8H2,1H3;1-7H;1-8H;1-4H;2*1-6H. The van der Waals surface area contributed by atoms with Gasteiger partial charge in [-0.2, -0.15) is 22.7 Å². The van der Waals surface area contributed by atoms with Crippen molar-refractivity contribution in [2.75, 3.05) is 0 Å². The van der Waals surface area contributed by atoms with Crippen molar-refractivity contribution in [3.05, 3.63) is 311 Å². The molecule has 20 aromatic rings. The summed E-state index contributed by atoms with van der Waals surface area (Å²) in [6.07, 6.45) is 19.5. The number of rotatable bonds is 28. The van der Waals surface area contributed by atoms with E-state index < -0.39 is 0 Å². The van der Waals surface area contributed by atoms with Crippen LogP contribution in [0.3, 0.4) is 0 Å². The highest BCUT2D eigenvalue weighted by Crippen LogP contribution is 2.51. The predicted molar refractivity (Wildman–Crippen MR) is 577 cm³/mol. The minimum absolute atomic E-state index is 0.848. The molecule has 0 aliphatic carbocycles. The molecule has 0 unspecified atom stereocenters. The van der Waals surface area contributed by atoms with Crippen molar-refractivity contribution in [1.29, 1.82) is 0 Å². The van der Waals surface area contributed by atoms with E-state index in [1.807, 2.05) is 108 Å². The highest BCUT2D eigenvalue weighted by molar-refractivity contribution is 9.11. The van der Waals surface area contributed by atoms with Crippen LogP contribution in [-0.4, -0.2) is 0 Å². The van der Waals surface area contributed by atoms with Crippen molar-refractivity contribution >= 4 is 270 Å². The van der Waals surface area contributed by atoms with E-state index in [2.05, 4.69) is 340 Å². The molecule has 620 valence electrons. The van der Waals surface area contributed by atoms with Crippen molar-refractivity contribution in [2.24, 2.45) is 0 Å². The Hall–Kier alpha value is -4.75. The van der Waals surface area contributed by atoms with E-state index in [1.165, 1.54) is 232 Å². The van der Waals surface area contributed by atoms with Gasteiger partial charge in [0, 0.05) is 117 Å². The van der Waals surface area contributed by atoms with Gasteiger partial charge in [0.05, 0.1) is 11.9 Å². The number of hydrogen-bond acceptors (Lipinski definition) is 20. The van der Waals surface area contributed by atoms with Gasteiger partial charge in [0.1, 0.15) is 0 Å². The van der Waals surface area contributed by atoms with Crippen LogP contribution in [0.15, 0.2) is 290 Å². The molecule has 23 heteroatoms. The van der Waals surface area contributed by atoms with E-state index >= 15 is 0 Å². The zero-order chi connectivity index (χ0) is 83.2. The average Bonchev–Trinajstić information content (AvgIpc) is 1.61. The second-order valence-corrected chi connectivity index (χ2v) is 50.5. The van der Waals surface area contributed by atoms with Gasteiger partial charge in [0.2, 0.25) is 0 Å². The first-order chi connectivity index (χ1) is 59.6. The van der Waals surface area contributed by atoms with Crippen LogP contribution in [0.25, 0.3) is 128 Å². The molecule has 0 radical (unpaired) electrons. The quantitative estimate of drug-likeness (QED) is 0.0429. The maximum absolute atomic E-state index is 5.94. The number of hydrogen-bond donors (Lipinski definition) is 0. The van der Waals surface area contributed by atoms with Gasteiger partial charge in [-0.15, -0.1) is 204 Å². The summed E-state index contributed by atoms with van der Waals surface area (Å²) < 4.78 is 3.21. The van der Waals surface area contributed by atoms with Crippen LogP contribution >= 0.6 is 270 Å². The molecule has 0 spiro atoms. The van der Waals surface area contributed by atoms with Gasteiger partial charge in [-0.1, -0.05) is 145 Å². The Bertz CT molecular complexity index is 5750. The lowest BCUT2D eigenvalue weighted by atomic mass is 9.96. The number of thiophene rings is 20. The van der Waals surface area contributed by atoms with Gasteiger partial charge in [-0.05, 0) is 326 Å². The Balaban J connectivity index is 0.000000122. The minimum atomic E-state index is 0.848. The summed E-state index contributed by atoms with van der Waals surface area (Å²) in [5, 5.41) is 27.8. The monoisotopic (exact) mass is 2100 g/mol. The van der Waals surface area contributed by atoms with Crippen molar-refractivity contribution in [1.82, 2.24) is 0 Å². The molecule has 0 saturated heterocycles. The Labute approximate surface area is 815 Å². The second kappa shape index (κ2) is 49.5. The van der Waals surface area contributed by atoms with Crippen molar-refractivity contribution in [3.63, 3.8) is 0 Å². The maximum Gasteiger partial charge on any atom is 0.0935 e. The van der Waals surface area contributed by atoms with E-state index in [1.54, 1.807) is 130 Å². The molecular weight excluding hydrogens is 2010 g/mol. The highest BCUT2D eigenvalue weighted by atomic mass is 79.9. The summed E-state index contributed by atoms with van der Waals surface area (Å²) in [5.41, 5.74) is 7.52. The summed E-state index contributed by atoms with van der Waals surface area (Å²) in [7, 11) is 0. The molecule has 20 heterocycles. The number of aryl methyl sites for hydroxylation is 1. The Kier molecular flexibility index (Phi) is 37.8. The van der Waals surface area contributed by atoms with Gasteiger partial charge in [0.25, 0.3) is 0 Å². The van der Waals surface area contributed by atoms with Crippen molar-refractivity contribution < 1.29 is 0 Å². The zero-order valence-electron chi connectivity index (χ0n) is 66.6. The second-order valence-electron chi connectivity index (χ2n) is 27.4. The van der Waals surface area contributed by atoms with Crippen LogP contribution in [0.5, 0.6) is 0 Å². The van der Waals surface area contributed by atoms with Crippen molar-refractivity contribution in [2.45, 2.75) is 117 Å². The average molecular weight is 2100 g/mol. The molecular formula is C98H87Br2ClS20. The van der Waals surface area contributed by atoms with Crippen molar-refractivity contribution in [3.8, 4) is 128 Å². The molecule has 0 aliphatic rings. The SMILES string of the molecule is Brc1ccc(-c2ccc(Br)s2)s1.CCCCCCc1c(-c2ccc(-c3cccs3)s2)sc(-c2ccc(-c3cccs3)s2)c1CCCCCC.CCCCCCc1cc(-c2cccs2)sc1-c1cccs1.Clc1ccc(-c2ccc(-c3cccs3)s2)s1.c1cc(-c2ccsc2)cs1.c1csc(-c2ccc(-c3cccs3)s2)c1.c1csc(-c2cccs2)c1. The first-order valence-electron chi connectivity index (χ1n) is 39.9. The molecule has 0 aliphatic heterocycles. The summed E-state index contributed by atoms with van der Waals surface area (Å²) in [6, 6.07) is 76.3. The Morgan fingerprint density at radius 3 is 0.826 bits per heavy atom. The lowest BCUT2D eigenvalue weighted by molar-refractivity contribution is 0.653. The molecule has 0 N–H and O–H groups in total. The summed E-state index contributed by atoms with van der Waals surface area (Å²) >= 11 is 49.5. The Morgan fingerprint density at radius 1 is 0.231 bits per heavy atom. The Morgan fingerprint density at radius 2 is 0.521 bits per heavy atom. The van der Waals surface area contributed by atoms with E-state index in [0.717, 1.165) is 4.34 Å². The zero-order valence-corrected chi connectivity index (χ0v) is 86.9. The number of unbranched alkanes of at least 4 members (excludes halogenated alkanes) is 9. The molecule has 20 aromatic heterocycles. The van der Waals surface area contributed by atoms with Gasteiger partial charge >= 0.3 is 0 Å². The lowest BCUT2D eigenvalue weighted by Gasteiger charge is -2.09. The van der Waals surface area contributed by atoms with Crippen LogP contribution in [0.2, 0.25) is 4.34 Å². The normalized spacial score (nSPS) is 10.9. The van der Waals surface area contributed by atoms with E-state index in [9.17, 15) is 0 Å². The van der Waals surface area contributed by atoms with E-state index in [-0.39, 0.29) is 0 Å². The fraction of sp³-hybridized carbons (Fsp3) is 0.184. The van der Waals surface area contributed by atoms with Crippen LogP contribution in [0, 0.1) is 0 Å². The molecule has 0 saturated carbocycles. The van der Waals surface area contributed by atoms with Gasteiger partial charge in [0.15, 0.2) is 0 Å². The fourth-order valence-corrected chi connectivity index (χ4v) is 32.6. The van der Waals surface area contributed by atoms with Crippen LogP contribution in [0.4, 0.5) is 0 Å². The number of halogens is 3. The molecule has 0 nitrogen and oxygen atoms in total. The summed E-state index contributed by atoms with van der Waals surface area (Å²) in [6.45, 7) is 6.90. The molecule has 20 rings (SSSR count). The molecule has 0 aromatic carbocycles. The van der Waals surface area contributed by atoms with E-state index in [0.29, 0.717) is 0 Å². The molecule has 0 amide bonds. The first-order valence-corrected chi connectivity index (χ1v) is 59.1. The third-order valence-electron chi connectivity index (χ3n) is 18.9. The van der Waals surface area contributed by atoms with E-state index in [4.69, 9.17) is 11.6 Å². The highest BCUT2D eigenvalue weighted by Gasteiger charge is 2.24. The summed E-state index contributed by atoms with van der Waals surface area (Å²) in [5.74, 6) is 0. The lowest BCUT2D eigenvalue weighted by Crippen LogP contribution is -1.95. The topological polar surface area (TPSA) is 0 Å². The molecule has 0 bridgehead atoms. The fourth-order valence-electron chi connectivity index (χ4n) is 12.9. The van der Waals surface area contributed by atoms with Gasteiger partial charge in [-0.25, -0.2) is 0 Å². The molecule has 0 fully saturated rings. The molecule has 121 heavy (non-hydrogen) atoms. The van der Waals surface area contributed by atoms with Crippen LogP contribution < -0.4 is 0 Å². The van der Waals surface area contributed by atoms with Gasteiger partial charge in [-0.3, -0.25) is 0 Å². The molecule has 0 atom stereocenters. The third-order valence-corrected chi connectivity index (χ3v) is 41.6. The minimum Gasteiger partial charge on any atom is -0.152 e. The summed E-state index contributed by atoms with van der Waals surface area (Å²) in [4.78, 5) is 33.3. The predicted octanol–water partition coefficient (Wildman–Crippen LogP) is 43.3.